The van der Waals surface area contributed by atoms with Crippen LogP contribution in [0.4, 0.5) is 4.39 Å². The third-order valence-corrected chi connectivity index (χ3v) is 3.49. The molecule has 0 fully saturated rings. The Morgan fingerprint density at radius 1 is 1.23 bits per heavy atom. The van der Waals surface area contributed by atoms with Gasteiger partial charge >= 0.3 is 0 Å². The molecule has 140 valence electrons. The summed E-state index contributed by atoms with van der Waals surface area (Å²) in [4.78, 5) is 8.68. The lowest BCUT2D eigenvalue weighted by molar-refractivity contribution is 0.214. The van der Waals surface area contributed by atoms with Crippen molar-refractivity contribution in [2.24, 2.45) is 4.99 Å². The number of para-hydroxylation sites is 1. The molecular formula is C19H25FN4O2. The minimum atomic E-state index is -0.369. The van der Waals surface area contributed by atoms with Gasteiger partial charge in [-0.05, 0) is 31.5 Å². The second kappa shape index (κ2) is 10.2. The number of aliphatic imine (C=N–C) groups is 1. The topological polar surface area (TPSA) is 67.8 Å². The van der Waals surface area contributed by atoms with Gasteiger partial charge < -0.3 is 20.1 Å². The van der Waals surface area contributed by atoms with Crippen LogP contribution in [0, 0.1) is 5.82 Å². The lowest BCUT2D eigenvalue weighted by Gasteiger charge is -2.18. The first-order chi connectivity index (χ1) is 12.6. The zero-order valence-electron chi connectivity index (χ0n) is 15.3. The quantitative estimate of drug-likeness (QED) is 0.560. The van der Waals surface area contributed by atoms with E-state index in [4.69, 9.17) is 9.47 Å². The van der Waals surface area contributed by atoms with Crippen LogP contribution in [-0.4, -0.2) is 37.2 Å². The van der Waals surface area contributed by atoms with Gasteiger partial charge in [-0.1, -0.05) is 18.2 Å². The van der Waals surface area contributed by atoms with Gasteiger partial charge in [0.15, 0.2) is 17.5 Å². The van der Waals surface area contributed by atoms with Gasteiger partial charge in [0.25, 0.3) is 0 Å². The van der Waals surface area contributed by atoms with E-state index in [9.17, 15) is 4.39 Å². The van der Waals surface area contributed by atoms with Crippen LogP contribution in [0.3, 0.4) is 0 Å². The van der Waals surface area contributed by atoms with Crippen molar-refractivity contribution in [3.8, 4) is 11.6 Å². The third kappa shape index (κ3) is 6.23. The summed E-state index contributed by atoms with van der Waals surface area (Å²) in [7, 11) is 1.58. The summed E-state index contributed by atoms with van der Waals surface area (Å²) >= 11 is 0. The molecule has 1 aromatic heterocycles. The molecule has 1 unspecified atom stereocenters. The fraction of sp³-hybridized carbons (Fsp3) is 0.368. The van der Waals surface area contributed by atoms with Crippen LogP contribution in [0.25, 0.3) is 0 Å². The maximum absolute atomic E-state index is 13.6. The Labute approximate surface area is 153 Å². The number of hydrogen-bond donors (Lipinski definition) is 2. The van der Waals surface area contributed by atoms with E-state index >= 15 is 0 Å². The summed E-state index contributed by atoms with van der Waals surface area (Å²) in [5, 5.41) is 6.37. The molecule has 0 aliphatic rings. The Morgan fingerprint density at radius 2 is 2.04 bits per heavy atom. The molecule has 2 rings (SSSR count). The van der Waals surface area contributed by atoms with Gasteiger partial charge in [0.1, 0.15) is 6.10 Å². The predicted molar refractivity (Wildman–Crippen MR) is 100 cm³/mol. The Bertz CT molecular complexity index is 707. The Balaban J connectivity index is 1.88. The Morgan fingerprint density at radius 3 is 2.69 bits per heavy atom. The van der Waals surface area contributed by atoms with E-state index in [2.05, 4.69) is 20.6 Å². The fourth-order valence-corrected chi connectivity index (χ4v) is 2.18. The molecule has 2 aromatic rings. The number of nitrogens with zero attached hydrogens (tertiary/aromatic N) is 2. The number of rotatable bonds is 8. The van der Waals surface area contributed by atoms with E-state index in [1.54, 1.807) is 37.6 Å². The van der Waals surface area contributed by atoms with Crippen LogP contribution < -0.4 is 20.1 Å². The predicted octanol–water partition coefficient (Wildman–Crippen LogP) is 2.75. The zero-order valence-corrected chi connectivity index (χ0v) is 15.3. The van der Waals surface area contributed by atoms with Gasteiger partial charge in [-0.3, -0.25) is 0 Å². The third-order valence-electron chi connectivity index (χ3n) is 3.49. The van der Waals surface area contributed by atoms with E-state index in [0.717, 1.165) is 12.1 Å². The maximum atomic E-state index is 13.6. The summed E-state index contributed by atoms with van der Waals surface area (Å²) in [6.45, 7) is 5.56. The monoisotopic (exact) mass is 360 g/mol. The van der Waals surface area contributed by atoms with Crippen LogP contribution >= 0.6 is 0 Å². The van der Waals surface area contributed by atoms with Gasteiger partial charge in [-0.2, -0.15) is 0 Å². The number of hydrogen-bond acceptors (Lipinski definition) is 4. The SMILES string of the molecule is CCNC(=NCc1ccc(OC)nc1)NCC(C)Oc1ccccc1F. The largest absolute Gasteiger partial charge is 0.486 e. The van der Waals surface area contributed by atoms with E-state index in [-0.39, 0.29) is 17.7 Å². The molecule has 0 spiro atoms. The Hall–Kier alpha value is -2.83. The standard InChI is InChI=1S/C19H25FN4O2/c1-4-21-19(24-13-15-9-10-18(25-3)22-12-15)23-11-14(2)26-17-8-6-5-7-16(17)20/h5-10,12,14H,4,11,13H2,1-3H3,(H2,21,23,24). The summed E-state index contributed by atoms with van der Waals surface area (Å²) in [6.07, 6.45) is 1.51. The molecule has 7 heteroatoms. The number of nitrogens with one attached hydrogen (secondary N) is 2. The number of aromatic nitrogens is 1. The molecule has 0 aliphatic carbocycles. The molecule has 6 nitrogen and oxygen atoms in total. The van der Waals surface area contributed by atoms with Crippen LogP contribution in [-0.2, 0) is 6.54 Å². The molecule has 0 saturated carbocycles. The molecular weight excluding hydrogens is 335 g/mol. The van der Waals surface area contributed by atoms with Crippen molar-refractivity contribution in [2.75, 3.05) is 20.2 Å². The van der Waals surface area contributed by atoms with Gasteiger partial charge in [-0.25, -0.2) is 14.4 Å². The maximum Gasteiger partial charge on any atom is 0.212 e. The van der Waals surface area contributed by atoms with Crippen molar-refractivity contribution in [3.63, 3.8) is 0 Å². The zero-order chi connectivity index (χ0) is 18.8. The first-order valence-electron chi connectivity index (χ1n) is 8.54. The smallest absolute Gasteiger partial charge is 0.212 e. The van der Waals surface area contributed by atoms with Crippen molar-refractivity contribution in [3.05, 3.63) is 54.0 Å². The fourth-order valence-electron chi connectivity index (χ4n) is 2.18. The number of benzene rings is 1. The van der Waals surface area contributed by atoms with Crippen LogP contribution in [0.1, 0.15) is 19.4 Å². The highest BCUT2D eigenvalue weighted by Gasteiger charge is 2.09. The number of guanidine groups is 1. The number of halogens is 1. The lowest BCUT2D eigenvalue weighted by atomic mass is 10.3. The van der Waals surface area contributed by atoms with E-state index in [1.807, 2.05) is 19.9 Å². The molecule has 1 aromatic carbocycles. The molecule has 0 bridgehead atoms. The summed E-state index contributed by atoms with van der Waals surface area (Å²) in [6, 6.07) is 10.1. The summed E-state index contributed by atoms with van der Waals surface area (Å²) in [5.74, 6) is 1.11. The molecule has 0 aliphatic heterocycles. The Kier molecular flexibility index (Phi) is 7.67. The average molecular weight is 360 g/mol. The molecule has 1 heterocycles. The van der Waals surface area contributed by atoms with Crippen molar-refractivity contribution < 1.29 is 13.9 Å². The van der Waals surface area contributed by atoms with Crippen LogP contribution in [0.15, 0.2) is 47.6 Å². The van der Waals surface area contributed by atoms with Crippen LogP contribution in [0.5, 0.6) is 11.6 Å². The minimum Gasteiger partial charge on any atom is -0.486 e. The molecule has 0 amide bonds. The molecule has 1 atom stereocenters. The lowest BCUT2D eigenvalue weighted by Crippen LogP contribution is -2.41. The average Bonchev–Trinajstić information content (AvgIpc) is 2.66. The van der Waals surface area contributed by atoms with Gasteiger partial charge in [0.05, 0.1) is 20.2 Å². The van der Waals surface area contributed by atoms with Gasteiger partial charge in [0.2, 0.25) is 5.88 Å². The minimum absolute atomic E-state index is 0.224. The van der Waals surface area contributed by atoms with Crippen LogP contribution in [0.2, 0.25) is 0 Å². The first-order valence-corrected chi connectivity index (χ1v) is 8.54. The first kappa shape index (κ1) is 19.5. The summed E-state index contributed by atoms with van der Waals surface area (Å²) in [5.41, 5.74) is 0.971. The molecule has 26 heavy (non-hydrogen) atoms. The normalized spacial score (nSPS) is 12.4. The van der Waals surface area contributed by atoms with Crippen molar-refractivity contribution in [1.82, 2.24) is 15.6 Å². The molecule has 2 N–H and O–H groups in total. The van der Waals surface area contributed by atoms with E-state index < -0.39 is 0 Å². The second-order valence-corrected chi connectivity index (χ2v) is 5.64. The molecule has 0 saturated heterocycles. The van der Waals surface area contributed by atoms with Gasteiger partial charge in [0, 0.05) is 18.8 Å². The number of methoxy groups -OCH3 is 1. The highest BCUT2D eigenvalue weighted by molar-refractivity contribution is 5.79. The van der Waals surface area contributed by atoms with Crippen molar-refractivity contribution in [1.29, 1.82) is 0 Å². The highest BCUT2D eigenvalue weighted by atomic mass is 19.1. The van der Waals surface area contributed by atoms with E-state index in [0.29, 0.717) is 24.9 Å². The van der Waals surface area contributed by atoms with Crippen molar-refractivity contribution in [2.45, 2.75) is 26.5 Å². The summed E-state index contributed by atoms with van der Waals surface area (Å²) < 4.78 is 24.3. The van der Waals surface area contributed by atoms with E-state index in [1.165, 1.54) is 6.07 Å². The van der Waals surface area contributed by atoms with Crippen molar-refractivity contribution >= 4 is 5.96 Å². The second-order valence-electron chi connectivity index (χ2n) is 5.64. The van der Waals surface area contributed by atoms with Gasteiger partial charge in [-0.15, -0.1) is 0 Å². The number of pyridine rings is 1. The molecule has 0 radical (unpaired) electrons. The number of ether oxygens (including phenoxy) is 2. The highest BCUT2D eigenvalue weighted by Crippen LogP contribution is 2.16.